The molecule has 0 aliphatic carbocycles. The van der Waals surface area contributed by atoms with Gasteiger partial charge in [-0.15, -0.1) is 0 Å². The molecule has 1 saturated heterocycles. The number of piperidine rings is 1. The van der Waals surface area contributed by atoms with Crippen LogP contribution in [-0.2, 0) is 4.79 Å². The van der Waals surface area contributed by atoms with Crippen LogP contribution in [0, 0.1) is 12.3 Å². The molecule has 4 heteroatoms. The van der Waals surface area contributed by atoms with Crippen molar-refractivity contribution in [3.05, 3.63) is 35.4 Å². The predicted octanol–water partition coefficient (Wildman–Crippen LogP) is 3.10. The molecule has 4 nitrogen and oxygen atoms in total. The third kappa shape index (κ3) is 3.26. The van der Waals surface area contributed by atoms with E-state index in [9.17, 15) is 14.7 Å². The summed E-state index contributed by atoms with van der Waals surface area (Å²) in [5.41, 5.74) is 0.913. The molecule has 1 heterocycles. The number of carbonyl (C=O) groups is 2. The van der Waals surface area contributed by atoms with E-state index in [0.29, 0.717) is 31.5 Å². The molecule has 0 spiro atoms. The molecule has 1 atom stereocenters. The largest absolute Gasteiger partial charge is 0.481 e. The summed E-state index contributed by atoms with van der Waals surface area (Å²) in [5, 5.41) is 9.60. The minimum atomic E-state index is -0.772. The van der Waals surface area contributed by atoms with Crippen LogP contribution in [0.2, 0.25) is 0 Å². The smallest absolute Gasteiger partial charge is 0.311 e. The van der Waals surface area contributed by atoms with Gasteiger partial charge in [0.1, 0.15) is 0 Å². The van der Waals surface area contributed by atoms with E-state index >= 15 is 0 Å². The number of amides is 1. The molecule has 0 aromatic heterocycles. The predicted molar refractivity (Wildman–Crippen MR) is 81.3 cm³/mol. The van der Waals surface area contributed by atoms with Crippen molar-refractivity contribution in [2.45, 2.75) is 39.5 Å². The number of carboxylic acids is 1. The lowest BCUT2D eigenvalue weighted by molar-refractivity contribution is -0.152. The number of aryl methyl sites for hydroxylation is 1. The summed E-state index contributed by atoms with van der Waals surface area (Å²) >= 11 is 0. The van der Waals surface area contributed by atoms with Crippen LogP contribution in [0.4, 0.5) is 0 Å². The molecular weight excluding hydrogens is 266 g/mol. The topological polar surface area (TPSA) is 57.6 Å². The first-order valence-electron chi connectivity index (χ1n) is 7.58. The molecule has 1 fully saturated rings. The van der Waals surface area contributed by atoms with Gasteiger partial charge in [-0.3, -0.25) is 9.59 Å². The maximum atomic E-state index is 12.6. The third-order valence-corrected chi connectivity index (χ3v) is 4.31. The third-order valence-electron chi connectivity index (χ3n) is 4.31. The molecule has 1 aliphatic rings. The summed E-state index contributed by atoms with van der Waals surface area (Å²) in [4.78, 5) is 26.0. The molecule has 1 amide bonds. The zero-order chi connectivity index (χ0) is 15.5. The Hall–Kier alpha value is -1.84. The van der Waals surface area contributed by atoms with Crippen LogP contribution in [0.25, 0.3) is 0 Å². The van der Waals surface area contributed by atoms with Crippen molar-refractivity contribution in [2.24, 2.45) is 5.41 Å². The number of carboxylic acid groups (broad SMARTS) is 1. The number of hydrogen-bond donors (Lipinski definition) is 1. The van der Waals surface area contributed by atoms with Gasteiger partial charge in [0.15, 0.2) is 0 Å². The maximum Gasteiger partial charge on any atom is 0.311 e. The Balaban J connectivity index is 2.20. The molecule has 114 valence electrons. The molecule has 0 saturated carbocycles. The highest BCUT2D eigenvalue weighted by Crippen LogP contribution is 2.35. The normalized spacial score (nSPS) is 22.1. The quantitative estimate of drug-likeness (QED) is 0.926. The summed E-state index contributed by atoms with van der Waals surface area (Å²) in [6.07, 6.45) is 2.86. The minimum absolute atomic E-state index is 0.0554. The lowest BCUT2D eigenvalue weighted by Gasteiger charge is -2.40. The highest BCUT2D eigenvalue weighted by molar-refractivity contribution is 5.95. The Bertz CT molecular complexity index is 537. The molecule has 1 aromatic carbocycles. The van der Waals surface area contributed by atoms with Crippen molar-refractivity contribution in [3.8, 4) is 0 Å². The van der Waals surface area contributed by atoms with Crippen LogP contribution in [0.3, 0.4) is 0 Å². The van der Waals surface area contributed by atoms with Crippen molar-refractivity contribution in [1.82, 2.24) is 4.90 Å². The average molecular weight is 289 g/mol. The number of hydrogen-bond acceptors (Lipinski definition) is 2. The van der Waals surface area contributed by atoms with Crippen molar-refractivity contribution in [3.63, 3.8) is 0 Å². The van der Waals surface area contributed by atoms with Crippen LogP contribution in [0.5, 0.6) is 0 Å². The Morgan fingerprint density at radius 3 is 2.76 bits per heavy atom. The molecule has 1 aromatic rings. The maximum absolute atomic E-state index is 12.6. The molecule has 21 heavy (non-hydrogen) atoms. The van der Waals surface area contributed by atoms with Crippen LogP contribution in [0.15, 0.2) is 24.3 Å². The number of aliphatic carboxylic acids is 1. The summed E-state index contributed by atoms with van der Waals surface area (Å²) in [6, 6.07) is 7.47. The van der Waals surface area contributed by atoms with Crippen LogP contribution in [0.1, 0.15) is 48.5 Å². The van der Waals surface area contributed by atoms with Gasteiger partial charge < -0.3 is 10.0 Å². The van der Waals surface area contributed by atoms with E-state index in [0.717, 1.165) is 18.4 Å². The van der Waals surface area contributed by atoms with Gasteiger partial charge in [0.2, 0.25) is 0 Å². The van der Waals surface area contributed by atoms with Gasteiger partial charge in [-0.25, -0.2) is 0 Å². The summed E-state index contributed by atoms with van der Waals surface area (Å²) < 4.78 is 0. The van der Waals surface area contributed by atoms with E-state index in [4.69, 9.17) is 0 Å². The Morgan fingerprint density at radius 1 is 1.38 bits per heavy atom. The second-order valence-electron chi connectivity index (χ2n) is 6.04. The van der Waals surface area contributed by atoms with Gasteiger partial charge in [0.25, 0.3) is 5.91 Å². The molecule has 0 radical (unpaired) electrons. The standard InChI is InChI=1S/C17H23NO3/c1-3-8-17(16(20)21)9-5-10-18(12-17)15(19)14-7-4-6-13(2)11-14/h4,6-7,11H,3,5,8-10,12H2,1-2H3,(H,20,21). The second-order valence-corrected chi connectivity index (χ2v) is 6.04. The van der Waals surface area contributed by atoms with E-state index in [2.05, 4.69) is 0 Å². The molecule has 1 unspecified atom stereocenters. The molecular formula is C17H23NO3. The lowest BCUT2D eigenvalue weighted by Crippen LogP contribution is -2.49. The van der Waals surface area contributed by atoms with Crippen LogP contribution in [-0.4, -0.2) is 35.0 Å². The van der Waals surface area contributed by atoms with E-state index in [1.807, 2.05) is 32.0 Å². The van der Waals surface area contributed by atoms with Crippen molar-refractivity contribution >= 4 is 11.9 Å². The first-order valence-corrected chi connectivity index (χ1v) is 7.58. The SMILES string of the molecule is CCCC1(C(=O)O)CCCN(C(=O)c2cccc(C)c2)C1. The summed E-state index contributed by atoms with van der Waals surface area (Å²) in [7, 11) is 0. The molecule has 0 bridgehead atoms. The first kappa shape index (κ1) is 15.5. The van der Waals surface area contributed by atoms with Gasteiger partial charge >= 0.3 is 5.97 Å². The average Bonchev–Trinajstić information content (AvgIpc) is 2.47. The molecule has 1 N–H and O–H groups in total. The number of carbonyl (C=O) groups excluding carboxylic acids is 1. The van der Waals surface area contributed by atoms with E-state index in [-0.39, 0.29) is 5.91 Å². The van der Waals surface area contributed by atoms with Gasteiger partial charge in [-0.05, 0) is 38.3 Å². The summed E-state index contributed by atoms with van der Waals surface area (Å²) in [5.74, 6) is -0.828. The number of rotatable bonds is 4. The van der Waals surface area contributed by atoms with E-state index < -0.39 is 11.4 Å². The second kappa shape index (κ2) is 6.29. The number of likely N-dealkylation sites (tertiary alicyclic amines) is 1. The molecule has 1 aliphatic heterocycles. The first-order chi connectivity index (χ1) is 9.98. The zero-order valence-electron chi connectivity index (χ0n) is 12.8. The highest BCUT2D eigenvalue weighted by Gasteiger charge is 2.42. The van der Waals surface area contributed by atoms with Gasteiger partial charge in [0.05, 0.1) is 5.41 Å². The van der Waals surface area contributed by atoms with Crippen molar-refractivity contribution in [2.75, 3.05) is 13.1 Å². The van der Waals surface area contributed by atoms with Crippen LogP contribution >= 0.6 is 0 Å². The fourth-order valence-electron chi connectivity index (χ4n) is 3.23. The lowest BCUT2D eigenvalue weighted by atomic mass is 9.76. The van der Waals surface area contributed by atoms with Gasteiger partial charge in [-0.1, -0.05) is 31.0 Å². The Labute approximate surface area is 125 Å². The zero-order valence-corrected chi connectivity index (χ0v) is 12.8. The van der Waals surface area contributed by atoms with Crippen molar-refractivity contribution < 1.29 is 14.7 Å². The highest BCUT2D eigenvalue weighted by atomic mass is 16.4. The van der Waals surface area contributed by atoms with Crippen molar-refractivity contribution in [1.29, 1.82) is 0 Å². The fourth-order valence-corrected chi connectivity index (χ4v) is 3.23. The number of benzene rings is 1. The van der Waals surface area contributed by atoms with Gasteiger partial charge in [-0.2, -0.15) is 0 Å². The van der Waals surface area contributed by atoms with E-state index in [1.54, 1.807) is 11.0 Å². The monoisotopic (exact) mass is 289 g/mol. The Kier molecular flexibility index (Phi) is 4.66. The van der Waals surface area contributed by atoms with Gasteiger partial charge in [0, 0.05) is 18.7 Å². The molecule has 2 rings (SSSR count). The number of nitrogens with zero attached hydrogens (tertiary/aromatic N) is 1. The Morgan fingerprint density at radius 2 is 2.14 bits per heavy atom. The summed E-state index contributed by atoms with van der Waals surface area (Å²) in [6.45, 7) is 4.91. The fraction of sp³-hybridized carbons (Fsp3) is 0.529. The van der Waals surface area contributed by atoms with E-state index in [1.165, 1.54) is 0 Å². The van der Waals surface area contributed by atoms with Crippen LogP contribution < -0.4 is 0 Å². The minimum Gasteiger partial charge on any atom is -0.481 e.